The summed E-state index contributed by atoms with van der Waals surface area (Å²) in [6.45, 7) is -0.575. The van der Waals surface area contributed by atoms with E-state index < -0.39 is 17.6 Å². The molecule has 1 rings (SSSR count). The van der Waals surface area contributed by atoms with Crippen molar-refractivity contribution >= 4 is 5.69 Å². The van der Waals surface area contributed by atoms with Crippen LogP contribution in [0.15, 0.2) is 23.3 Å². The van der Waals surface area contributed by atoms with Crippen LogP contribution in [0.4, 0.5) is 5.69 Å². The maximum absolute atomic E-state index is 10.7. The highest BCUT2D eigenvalue weighted by atomic mass is 16.6. The Hall–Kier alpha value is -2.31. The van der Waals surface area contributed by atoms with E-state index in [2.05, 4.69) is 10.0 Å². The Morgan fingerprint density at radius 3 is 2.81 bits per heavy atom. The van der Waals surface area contributed by atoms with Crippen LogP contribution in [0.2, 0.25) is 0 Å². The van der Waals surface area contributed by atoms with Gasteiger partial charge < -0.3 is 10.2 Å². The van der Waals surface area contributed by atoms with Crippen LogP contribution in [0.25, 0.3) is 10.4 Å². The van der Waals surface area contributed by atoms with E-state index in [-0.39, 0.29) is 17.0 Å². The SMILES string of the molecule is [N-]=[N+]=NC(CO)c1cc(O)ccc1[N+](=O)[O-]. The Morgan fingerprint density at radius 2 is 2.31 bits per heavy atom. The van der Waals surface area contributed by atoms with Crippen molar-refractivity contribution in [2.75, 3.05) is 6.61 Å². The fourth-order valence-electron chi connectivity index (χ4n) is 1.23. The van der Waals surface area contributed by atoms with Crippen molar-refractivity contribution < 1.29 is 15.1 Å². The number of nitro groups is 1. The number of phenolic OH excluding ortho intramolecular Hbond substituents is 1. The topological polar surface area (TPSA) is 132 Å². The lowest BCUT2D eigenvalue weighted by Gasteiger charge is -2.08. The second kappa shape index (κ2) is 4.96. The first kappa shape index (κ1) is 11.8. The molecule has 1 atom stereocenters. The molecule has 0 aromatic heterocycles. The van der Waals surface area contributed by atoms with Gasteiger partial charge in [0.2, 0.25) is 0 Å². The summed E-state index contributed by atoms with van der Waals surface area (Å²) >= 11 is 0. The Labute approximate surface area is 89.5 Å². The molecule has 8 heteroatoms. The molecule has 1 aromatic rings. The Bertz CT molecular complexity index is 455. The lowest BCUT2D eigenvalue weighted by atomic mass is 10.1. The summed E-state index contributed by atoms with van der Waals surface area (Å²) < 4.78 is 0. The fourth-order valence-corrected chi connectivity index (χ4v) is 1.23. The number of aliphatic hydroxyl groups is 1. The Morgan fingerprint density at radius 1 is 1.62 bits per heavy atom. The molecule has 8 nitrogen and oxygen atoms in total. The minimum absolute atomic E-state index is 0.0229. The Kier molecular flexibility index (Phi) is 3.65. The summed E-state index contributed by atoms with van der Waals surface area (Å²) in [5.74, 6) is -0.202. The van der Waals surface area contributed by atoms with Crippen LogP contribution in [0.3, 0.4) is 0 Å². The van der Waals surface area contributed by atoms with Gasteiger partial charge >= 0.3 is 0 Å². The zero-order valence-corrected chi connectivity index (χ0v) is 8.02. The van der Waals surface area contributed by atoms with Crippen LogP contribution in [-0.2, 0) is 0 Å². The molecule has 2 N–H and O–H groups in total. The van der Waals surface area contributed by atoms with E-state index in [1.165, 1.54) is 0 Å². The maximum Gasteiger partial charge on any atom is 0.273 e. The molecule has 1 aromatic carbocycles. The highest BCUT2D eigenvalue weighted by molar-refractivity contribution is 5.46. The summed E-state index contributed by atoms with van der Waals surface area (Å²) in [7, 11) is 0. The van der Waals surface area contributed by atoms with Gasteiger partial charge in [0, 0.05) is 16.5 Å². The van der Waals surface area contributed by atoms with Gasteiger partial charge in [-0.1, -0.05) is 5.11 Å². The predicted octanol–water partition coefficient (Wildman–Crippen LogP) is 1.64. The molecule has 0 amide bonds. The van der Waals surface area contributed by atoms with Gasteiger partial charge in [-0.2, -0.15) is 0 Å². The summed E-state index contributed by atoms with van der Waals surface area (Å²) in [5.41, 5.74) is 7.90. The monoisotopic (exact) mass is 224 g/mol. The molecule has 84 valence electrons. The molecule has 0 fully saturated rings. The van der Waals surface area contributed by atoms with Crippen LogP contribution >= 0.6 is 0 Å². The molecule has 0 bridgehead atoms. The molecule has 0 aliphatic carbocycles. The smallest absolute Gasteiger partial charge is 0.273 e. The van der Waals surface area contributed by atoms with Crippen molar-refractivity contribution in [2.45, 2.75) is 6.04 Å². The standard InChI is InChI=1S/C8H8N4O4/c9-11-10-7(4-13)6-3-5(14)1-2-8(6)12(15)16/h1-3,7,13-14H,4H2. The van der Waals surface area contributed by atoms with Crippen LogP contribution in [-0.4, -0.2) is 21.7 Å². The first-order valence-electron chi connectivity index (χ1n) is 4.22. The number of benzene rings is 1. The molecule has 0 spiro atoms. The summed E-state index contributed by atoms with van der Waals surface area (Å²) in [5, 5.41) is 32.0. The quantitative estimate of drug-likeness (QED) is 0.264. The molecule has 0 heterocycles. The number of phenols is 1. The molecule has 0 saturated heterocycles. The second-order valence-electron chi connectivity index (χ2n) is 2.90. The number of rotatable bonds is 4. The minimum Gasteiger partial charge on any atom is -0.508 e. The van der Waals surface area contributed by atoms with Crippen LogP contribution < -0.4 is 0 Å². The van der Waals surface area contributed by atoms with Crippen LogP contribution in [0, 0.1) is 10.1 Å². The van der Waals surface area contributed by atoms with Gasteiger partial charge in [0.05, 0.1) is 17.6 Å². The molecule has 16 heavy (non-hydrogen) atoms. The zero-order chi connectivity index (χ0) is 12.1. The van der Waals surface area contributed by atoms with E-state index in [1.54, 1.807) is 0 Å². The van der Waals surface area contributed by atoms with E-state index in [0.29, 0.717) is 0 Å². The lowest BCUT2D eigenvalue weighted by molar-refractivity contribution is -0.385. The maximum atomic E-state index is 10.7. The van der Waals surface area contributed by atoms with Crippen molar-refractivity contribution in [3.05, 3.63) is 44.3 Å². The zero-order valence-electron chi connectivity index (χ0n) is 8.02. The molecule has 0 aliphatic rings. The van der Waals surface area contributed by atoms with E-state index in [1.807, 2.05) is 0 Å². The van der Waals surface area contributed by atoms with E-state index in [9.17, 15) is 15.2 Å². The summed E-state index contributed by atoms with van der Waals surface area (Å²) in [6, 6.07) is 2.23. The van der Waals surface area contributed by atoms with Crippen molar-refractivity contribution in [1.29, 1.82) is 0 Å². The predicted molar refractivity (Wildman–Crippen MR) is 53.7 cm³/mol. The lowest BCUT2D eigenvalue weighted by Crippen LogP contribution is -2.04. The van der Waals surface area contributed by atoms with Crippen LogP contribution in [0.5, 0.6) is 5.75 Å². The number of hydrogen-bond donors (Lipinski definition) is 2. The van der Waals surface area contributed by atoms with E-state index in [4.69, 9.17) is 10.6 Å². The number of hydrogen-bond acceptors (Lipinski definition) is 5. The second-order valence-corrected chi connectivity index (χ2v) is 2.90. The van der Waals surface area contributed by atoms with Gasteiger partial charge in [0.1, 0.15) is 5.75 Å². The average Bonchev–Trinajstić information content (AvgIpc) is 2.25. The molecule has 1 unspecified atom stereocenters. The number of azide groups is 1. The third-order valence-electron chi connectivity index (χ3n) is 1.93. The van der Waals surface area contributed by atoms with Gasteiger partial charge in [-0.05, 0) is 17.7 Å². The number of aliphatic hydroxyl groups excluding tert-OH is 1. The largest absolute Gasteiger partial charge is 0.508 e. The normalized spacial score (nSPS) is 11.6. The van der Waals surface area contributed by atoms with E-state index >= 15 is 0 Å². The fraction of sp³-hybridized carbons (Fsp3) is 0.250. The number of nitro benzene ring substituents is 1. The molecule has 0 radical (unpaired) electrons. The average molecular weight is 224 g/mol. The van der Waals surface area contributed by atoms with Gasteiger partial charge in [-0.15, -0.1) is 0 Å². The van der Waals surface area contributed by atoms with Gasteiger partial charge in [-0.3, -0.25) is 10.1 Å². The highest BCUT2D eigenvalue weighted by Gasteiger charge is 2.21. The Balaban J connectivity index is 3.32. The van der Waals surface area contributed by atoms with Gasteiger partial charge in [0.15, 0.2) is 0 Å². The molecule has 0 aliphatic heterocycles. The molecular weight excluding hydrogens is 216 g/mol. The number of aromatic hydroxyl groups is 1. The van der Waals surface area contributed by atoms with Crippen molar-refractivity contribution in [2.24, 2.45) is 5.11 Å². The van der Waals surface area contributed by atoms with Crippen LogP contribution in [0.1, 0.15) is 11.6 Å². The van der Waals surface area contributed by atoms with Crippen molar-refractivity contribution in [3.63, 3.8) is 0 Å². The van der Waals surface area contributed by atoms with E-state index in [0.717, 1.165) is 18.2 Å². The van der Waals surface area contributed by atoms with Crippen molar-refractivity contribution in [3.8, 4) is 5.75 Å². The van der Waals surface area contributed by atoms with Gasteiger partial charge in [0.25, 0.3) is 5.69 Å². The van der Waals surface area contributed by atoms with Gasteiger partial charge in [-0.25, -0.2) is 0 Å². The van der Waals surface area contributed by atoms with Crippen molar-refractivity contribution in [1.82, 2.24) is 0 Å². The highest BCUT2D eigenvalue weighted by Crippen LogP contribution is 2.30. The first-order valence-corrected chi connectivity index (χ1v) is 4.22. The third-order valence-corrected chi connectivity index (χ3v) is 1.93. The summed E-state index contributed by atoms with van der Waals surface area (Å²) in [4.78, 5) is 12.5. The third kappa shape index (κ3) is 2.38. The summed E-state index contributed by atoms with van der Waals surface area (Å²) in [6.07, 6.45) is 0. The molecule has 0 saturated carbocycles. The first-order chi connectivity index (χ1) is 7.60. The number of nitrogens with zero attached hydrogens (tertiary/aromatic N) is 4. The molecular formula is C8H8N4O4. The minimum atomic E-state index is -1.09.